The normalized spacial score (nSPS) is 17.4. The summed E-state index contributed by atoms with van der Waals surface area (Å²) in [5.41, 5.74) is 4.81. The van der Waals surface area contributed by atoms with Gasteiger partial charge in [0.05, 0.1) is 5.92 Å². The van der Waals surface area contributed by atoms with E-state index in [-0.39, 0.29) is 0 Å². The van der Waals surface area contributed by atoms with Gasteiger partial charge in [0, 0.05) is 0 Å². The largest absolute Gasteiger partial charge is 0.481 e. The molecule has 0 aliphatic heterocycles. The van der Waals surface area contributed by atoms with Crippen LogP contribution in [0.3, 0.4) is 0 Å². The minimum atomic E-state index is -1.26. The Morgan fingerprint density at radius 1 is 1.75 bits per heavy atom. The fourth-order valence-electron chi connectivity index (χ4n) is 0.146. The smallest absolute Gasteiger partial charge is 0.310 e. The van der Waals surface area contributed by atoms with Crippen molar-refractivity contribution >= 4 is 5.97 Å². The Morgan fingerprint density at radius 2 is 2.12 bits per heavy atom. The third-order valence-electron chi connectivity index (χ3n) is 0.902. The van der Waals surface area contributed by atoms with Crippen LogP contribution in [0, 0.1) is 5.92 Å². The van der Waals surface area contributed by atoms with Gasteiger partial charge in [0.2, 0.25) is 0 Å². The second kappa shape index (κ2) is 2.64. The van der Waals surface area contributed by atoms with Crippen LogP contribution in [0.2, 0.25) is 0 Å². The van der Waals surface area contributed by atoms with Gasteiger partial charge in [0.15, 0.2) is 0 Å². The Hall–Kier alpha value is -0.610. The molecule has 0 amide bonds. The van der Waals surface area contributed by atoms with Crippen LogP contribution in [-0.4, -0.2) is 22.4 Å². The van der Waals surface area contributed by atoms with Crippen molar-refractivity contribution in [2.24, 2.45) is 11.7 Å². The highest BCUT2D eigenvalue weighted by atomic mass is 16.4. The average molecular weight is 119 g/mol. The summed E-state index contributed by atoms with van der Waals surface area (Å²) in [5.74, 6) is -1.96. The molecule has 0 aromatic rings. The van der Waals surface area contributed by atoms with Crippen molar-refractivity contribution in [2.45, 2.75) is 13.2 Å². The number of rotatable bonds is 2. The Bertz CT molecular complexity index is 91.3. The average Bonchev–Trinajstić information content (AvgIpc) is 1.64. The Labute approximate surface area is 46.9 Å². The third-order valence-corrected chi connectivity index (χ3v) is 0.902. The van der Waals surface area contributed by atoms with Crippen LogP contribution in [0.25, 0.3) is 0 Å². The highest BCUT2D eigenvalue weighted by Crippen LogP contribution is 1.95. The first-order chi connectivity index (χ1) is 3.55. The number of hydrogen-bond acceptors (Lipinski definition) is 3. The van der Waals surface area contributed by atoms with E-state index in [2.05, 4.69) is 0 Å². The molecule has 4 nitrogen and oxygen atoms in total. The zero-order valence-corrected chi connectivity index (χ0v) is 4.53. The number of hydrogen-bond donors (Lipinski definition) is 3. The number of carboxylic acid groups (broad SMARTS) is 1. The Morgan fingerprint density at radius 3 is 2.12 bits per heavy atom. The summed E-state index contributed by atoms with van der Waals surface area (Å²) < 4.78 is 0. The predicted molar refractivity (Wildman–Crippen MR) is 27.0 cm³/mol. The summed E-state index contributed by atoms with van der Waals surface area (Å²) in [4.78, 5) is 9.90. The fourth-order valence-corrected chi connectivity index (χ4v) is 0.146. The van der Waals surface area contributed by atoms with Crippen molar-refractivity contribution in [1.29, 1.82) is 0 Å². The fraction of sp³-hybridized carbons (Fsp3) is 0.750. The quantitative estimate of drug-likeness (QED) is 0.406. The third kappa shape index (κ3) is 1.90. The van der Waals surface area contributed by atoms with Gasteiger partial charge in [-0.2, -0.15) is 0 Å². The molecule has 0 rings (SSSR count). The van der Waals surface area contributed by atoms with Gasteiger partial charge in [-0.25, -0.2) is 0 Å². The first kappa shape index (κ1) is 7.39. The monoisotopic (exact) mass is 119 g/mol. The molecule has 0 radical (unpaired) electrons. The lowest BCUT2D eigenvalue weighted by Gasteiger charge is -2.06. The molecule has 48 valence electrons. The molecule has 4 heteroatoms. The molecule has 0 fully saturated rings. The van der Waals surface area contributed by atoms with Crippen LogP contribution in [0.5, 0.6) is 0 Å². The van der Waals surface area contributed by atoms with E-state index in [4.69, 9.17) is 15.9 Å². The lowest BCUT2D eigenvalue weighted by atomic mass is 10.2. The number of aliphatic hydroxyl groups excluding tert-OH is 1. The van der Waals surface area contributed by atoms with E-state index in [0.29, 0.717) is 0 Å². The number of aliphatic carboxylic acids is 1. The van der Waals surface area contributed by atoms with E-state index in [1.54, 1.807) is 0 Å². The Balaban J connectivity index is 3.64. The predicted octanol–water partition coefficient (Wildman–Crippen LogP) is -1.02. The summed E-state index contributed by atoms with van der Waals surface area (Å²) in [5, 5.41) is 16.5. The zero-order valence-electron chi connectivity index (χ0n) is 4.53. The highest BCUT2D eigenvalue weighted by Gasteiger charge is 2.16. The second-order valence-electron chi connectivity index (χ2n) is 1.62. The van der Waals surface area contributed by atoms with Gasteiger partial charge in [0.1, 0.15) is 6.23 Å². The van der Waals surface area contributed by atoms with Crippen molar-refractivity contribution in [3.63, 3.8) is 0 Å². The molecule has 8 heavy (non-hydrogen) atoms. The van der Waals surface area contributed by atoms with Gasteiger partial charge >= 0.3 is 5.97 Å². The maximum atomic E-state index is 9.90. The molecule has 0 spiro atoms. The van der Waals surface area contributed by atoms with Gasteiger partial charge in [-0.15, -0.1) is 0 Å². The van der Waals surface area contributed by atoms with E-state index in [1.807, 2.05) is 0 Å². The zero-order chi connectivity index (χ0) is 6.73. The second-order valence-corrected chi connectivity index (χ2v) is 1.62. The van der Waals surface area contributed by atoms with Crippen LogP contribution in [0.15, 0.2) is 0 Å². The van der Waals surface area contributed by atoms with E-state index in [9.17, 15) is 4.79 Å². The maximum Gasteiger partial charge on any atom is 0.310 e. The molecule has 0 saturated carbocycles. The molecule has 0 aliphatic carbocycles. The number of carboxylic acids is 1. The molecular weight excluding hydrogens is 110 g/mol. The first-order valence-electron chi connectivity index (χ1n) is 2.22. The van der Waals surface area contributed by atoms with Gasteiger partial charge in [-0.05, 0) is 6.92 Å². The molecule has 0 heterocycles. The van der Waals surface area contributed by atoms with E-state index in [1.165, 1.54) is 6.92 Å². The van der Waals surface area contributed by atoms with Crippen LogP contribution in [-0.2, 0) is 4.79 Å². The van der Waals surface area contributed by atoms with Gasteiger partial charge in [-0.1, -0.05) is 0 Å². The highest BCUT2D eigenvalue weighted by molar-refractivity contribution is 5.69. The minimum Gasteiger partial charge on any atom is -0.481 e. The van der Waals surface area contributed by atoms with Gasteiger partial charge < -0.3 is 15.9 Å². The number of aliphatic hydroxyl groups is 1. The number of carbonyl (C=O) groups is 1. The van der Waals surface area contributed by atoms with Crippen molar-refractivity contribution in [3.05, 3.63) is 0 Å². The molecular formula is C4H9NO3. The molecule has 0 aromatic carbocycles. The molecule has 0 aliphatic rings. The van der Waals surface area contributed by atoms with Crippen molar-refractivity contribution in [2.75, 3.05) is 0 Å². The maximum absolute atomic E-state index is 9.90. The molecule has 0 aromatic heterocycles. The lowest BCUT2D eigenvalue weighted by molar-refractivity contribution is -0.144. The van der Waals surface area contributed by atoms with E-state index in [0.717, 1.165) is 0 Å². The number of nitrogens with two attached hydrogens (primary N) is 1. The van der Waals surface area contributed by atoms with Crippen molar-refractivity contribution < 1.29 is 15.0 Å². The lowest BCUT2D eigenvalue weighted by Crippen LogP contribution is -2.32. The molecule has 2 unspecified atom stereocenters. The molecule has 0 bridgehead atoms. The van der Waals surface area contributed by atoms with Crippen LogP contribution >= 0.6 is 0 Å². The van der Waals surface area contributed by atoms with Gasteiger partial charge in [-0.3, -0.25) is 4.79 Å². The summed E-state index contributed by atoms with van der Waals surface area (Å²) in [6, 6.07) is 0. The molecule has 2 atom stereocenters. The SMILES string of the molecule is CC(C(=O)O)C(N)O. The standard InChI is InChI=1S/C4H9NO3/c1-2(3(5)6)4(7)8/h2-3,6H,5H2,1H3,(H,7,8). The summed E-state index contributed by atoms with van der Waals surface area (Å²) in [6.45, 7) is 1.34. The summed E-state index contributed by atoms with van der Waals surface area (Å²) in [6.07, 6.45) is -1.26. The molecule has 0 saturated heterocycles. The van der Waals surface area contributed by atoms with E-state index >= 15 is 0 Å². The van der Waals surface area contributed by atoms with Gasteiger partial charge in [0.25, 0.3) is 0 Å². The topological polar surface area (TPSA) is 83.5 Å². The van der Waals surface area contributed by atoms with Crippen LogP contribution < -0.4 is 5.73 Å². The molecule has 4 N–H and O–H groups in total. The van der Waals surface area contributed by atoms with Crippen molar-refractivity contribution in [1.82, 2.24) is 0 Å². The van der Waals surface area contributed by atoms with Crippen LogP contribution in [0.4, 0.5) is 0 Å². The van der Waals surface area contributed by atoms with Crippen LogP contribution in [0.1, 0.15) is 6.92 Å². The summed E-state index contributed by atoms with van der Waals surface area (Å²) >= 11 is 0. The van der Waals surface area contributed by atoms with E-state index < -0.39 is 18.1 Å². The van der Waals surface area contributed by atoms with Crippen molar-refractivity contribution in [3.8, 4) is 0 Å². The minimum absolute atomic E-state index is 0.880. The summed E-state index contributed by atoms with van der Waals surface area (Å²) in [7, 11) is 0. The Kier molecular flexibility index (Phi) is 2.44. The first-order valence-corrected chi connectivity index (χ1v) is 2.22.